The molecule has 6 nitrogen and oxygen atoms in total. The molecule has 0 radical (unpaired) electrons. The van der Waals surface area contributed by atoms with Crippen molar-refractivity contribution in [2.24, 2.45) is 0 Å². The van der Waals surface area contributed by atoms with E-state index in [1.54, 1.807) is 11.7 Å². The Balaban J connectivity index is 1.69. The summed E-state index contributed by atoms with van der Waals surface area (Å²) < 4.78 is 7.25. The lowest BCUT2D eigenvalue weighted by Gasteiger charge is -2.42. The van der Waals surface area contributed by atoms with Crippen LogP contribution < -0.4 is 10.4 Å². The lowest BCUT2D eigenvalue weighted by Crippen LogP contribution is -2.48. The molecule has 0 spiro atoms. The molecule has 1 atom stereocenters. The summed E-state index contributed by atoms with van der Waals surface area (Å²) in [5.74, 6) is 0.768. The van der Waals surface area contributed by atoms with Gasteiger partial charge in [-0.3, -0.25) is 9.47 Å². The number of para-hydroxylation sites is 2. The highest BCUT2D eigenvalue weighted by Crippen LogP contribution is 2.36. The fraction of sp³-hybridized carbons (Fsp3) is 0.370. The summed E-state index contributed by atoms with van der Waals surface area (Å²) in [6, 6.07) is 17.9. The molecule has 0 bridgehead atoms. The monoisotopic (exact) mass is 445 g/mol. The largest absolute Gasteiger partial charge is 0.497 e. The number of ether oxygens (including phenoxy) is 1. The van der Waals surface area contributed by atoms with Crippen molar-refractivity contribution >= 4 is 21.8 Å². The second-order valence-electron chi connectivity index (χ2n) is 8.97. The van der Waals surface area contributed by atoms with Gasteiger partial charge in [0.2, 0.25) is 0 Å². The minimum Gasteiger partial charge on any atom is -0.497 e. The number of nitrogens with one attached hydrogen (secondary N) is 1. The van der Waals surface area contributed by atoms with Crippen LogP contribution in [0.25, 0.3) is 21.8 Å². The zero-order chi connectivity index (χ0) is 23.0. The number of hydrogen-bond acceptors (Lipinski definition) is 4. The normalized spacial score (nSPS) is 16.8. The van der Waals surface area contributed by atoms with E-state index in [1.807, 2.05) is 49.4 Å². The molecule has 1 aliphatic heterocycles. The van der Waals surface area contributed by atoms with Gasteiger partial charge in [-0.25, -0.2) is 4.79 Å². The number of H-pyrrole nitrogens is 1. The van der Waals surface area contributed by atoms with Gasteiger partial charge in [0.25, 0.3) is 0 Å². The lowest BCUT2D eigenvalue weighted by molar-refractivity contribution is -0.126. The van der Waals surface area contributed by atoms with Crippen molar-refractivity contribution in [1.29, 1.82) is 0 Å². The van der Waals surface area contributed by atoms with Gasteiger partial charge in [0.1, 0.15) is 11.5 Å². The highest BCUT2D eigenvalue weighted by molar-refractivity contribution is 5.88. The van der Waals surface area contributed by atoms with Gasteiger partial charge in [0.15, 0.2) is 0 Å². The number of fused-ring (bicyclic) bond motifs is 2. The van der Waals surface area contributed by atoms with Crippen molar-refractivity contribution < 1.29 is 9.84 Å². The van der Waals surface area contributed by atoms with Gasteiger partial charge >= 0.3 is 5.69 Å². The predicted octanol–water partition coefficient (Wildman–Crippen LogP) is 4.58. The molecule has 0 amide bonds. The number of imidazole rings is 1. The van der Waals surface area contributed by atoms with Gasteiger partial charge in [-0.2, -0.15) is 0 Å². The number of benzene rings is 3. The first-order valence-electron chi connectivity index (χ1n) is 11.8. The van der Waals surface area contributed by atoms with Crippen LogP contribution in [0.3, 0.4) is 0 Å². The van der Waals surface area contributed by atoms with Crippen LogP contribution in [0.5, 0.6) is 5.75 Å². The Morgan fingerprint density at radius 1 is 1.06 bits per heavy atom. The van der Waals surface area contributed by atoms with Crippen LogP contribution in [0.4, 0.5) is 0 Å². The summed E-state index contributed by atoms with van der Waals surface area (Å²) in [5, 5.41) is 13.9. The molecule has 2 N–H and O–H groups in total. The van der Waals surface area contributed by atoms with Gasteiger partial charge in [-0.1, -0.05) is 31.5 Å². The predicted molar refractivity (Wildman–Crippen MR) is 132 cm³/mol. The Morgan fingerprint density at radius 2 is 1.85 bits per heavy atom. The molecule has 0 aliphatic carbocycles. The molecular weight excluding hydrogens is 414 g/mol. The average Bonchev–Trinajstić information content (AvgIpc) is 3.18. The maximum Gasteiger partial charge on any atom is 0.326 e. The van der Waals surface area contributed by atoms with Crippen molar-refractivity contribution in [3.63, 3.8) is 0 Å². The molecule has 4 aromatic rings. The van der Waals surface area contributed by atoms with Crippen LogP contribution in [0.1, 0.15) is 43.7 Å². The Kier molecular flexibility index (Phi) is 5.72. The minimum absolute atomic E-state index is 0.139. The molecule has 2 heterocycles. The molecule has 1 aliphatic rings. The fourth-order valence-electron chi connectivity index (χ4n) is 5.21. The Morgan fingerprint density at radius 3 is 2.61 bits per heavy atom. The van der Waals surface area contributed by atoms with E-state index in [0.717, 1.165) is 64.6 Å². The molecule has 5 rings (SSSR count). The summed E-state index contributed by atoms with van der Waals surface area (Å²) in [6.45, 7) is 4.22. The van der Waals surface area contributed by atoms with E-state index >= 15 is 0 Å². The van der Waals surface area contributed by atoms with E-state index in [4.69, 9.17) is 4.74 Å². The zero-order valence-corrected chi connectivity index (χ0v) is 19.3. The summed E-state index contributed by atoms with van der Waals surface area (Å²) in [5.41, 5.74) is 2.38. The molecule has 1 aromatic heterocycles. The molecule has 1 unspecified atom stereocenters. The lowest BCUT2D eigenvalue weighted by atomic mass is 9.91. The van der Waals surface area contributed by atoms with E-state index in [-0.39, 0.29) is 5.69 Å². The molecule has 1 saturated heterocycles. The third-order valence-electron chi connectivity index (χ3n) is 7.09. The maximum absolute atomic E-state index is 12.8. The Bertz CT molecular complexity index is 1350. The Labute approximate surface area is 193 Å². The number of aromatic nitrogens is 2. The first-order valence-corrected chi connectivity index (χ1v) is 11.8. The number of piperidine rings is 1. The summed E-state index contributed by atoms with van der Waals surface area (Å²) >= 11 is 0. The van der Waals surface area contributed by atoms with Gasteiger partial charge in [-0.05, 0) is 77.6 Å². The van der Waals surface area contributed by atoms with E-state index in [0.29, 0.717) is 13.0 Å². The SMILES string of the molecule is CCC(O)(c1cc(Cn2c(=O)[nH]c3ccccc32)c2cc(OC)ccc2c1)N1CCCCC1. The molecule has 1 fully saturated rings. The van der Waals surface area contributed by atoms with Gasteiger partial charge in [0, 0.05) is 13.1 Å². The van der Waals surface area contributed by atoms with Gasteiger partial charge in [-0.15, -0.1) is 0 Å². The first-order chi connectivity index (χ1) is 16.0. The number of methoxy groups -OCH3 is 1. The molecular formula is C27H31N3O3. The molecule has 6 heteroatoms. The zero-order valence-electron chi connectivity index (χ0n) is 19.3. The standard InChI is InChI=1S/C27H31N3O3/c1-3-27(32,29-13-7-4-8-14-29)21-15-19-11-12-22(33-2)17-23(19)20(16-21)18-30-25-10-6-5-9-24(25)28-26(30)31/h5-6,9-12,15-17,32H,3-4,7-8,13-14,18H2,1-2H3,(H,28,31). The highest BCUT2D eigenvalue weighted by Gasteiger charge is 2.35. The van der Waals surface area contributed by atoms with Crippen LogP contribution in [0.15, 0.2) is 59.4 Å². The van der Waals surface area contributed by atoms with E-state index in [9.17, 15) is 9.90 Å². The average molecular weight is 446 g/mol. The van der Waals surface area contributed by atoms with Gasteiger partial charge < -0.3 is 14.8 Å². The topological polar surface area (TPSA) is 70.5 Å². The van der Waals surface area contributed by atoms with E-state index < -0.39 is 5.72 Å². The quantitative estimate of drug-likeness (QED) is 0.456. The number of likely N-dealkylation sites (tertiary alicyclic amines) is 1. The highest BCUT2D eigenvalue weighted by atomic mass is 16.5. The van der Waals surface area contributed by atoms with Crippen molar-refractivity contribution in [2.45, 2.75) is 44.9 Å². The summed E-state index contributed by atoms with van der Waals surface area (Å²) in [4.78, 5) is 18.0. The van der Waals surface area contributed by atoms with Crippen molar-refractivity contribution in [3.05, 3.63) is 76.2 Å². The molecule has 172 valence electrons. The van der Waals surface area contributed by atoms with Crippen LogP contribution in [-0.4, -0.2) is 39.8 Å². The second-order valence-corrected chi connectivity index (χ2v) is 8.97. The van der Waals surface area contributed by atoms with Crippen LogP contribution >= 0.6 is 0 Å². The molecule has 3 aromatic carbocycles. The number of aromatic amines is 1. The van der Waals surface area contributed by atoms with Crippen molar-refractivity contribution in [3.8, 4) is 5.75 Å². The van der Waals surface area contributed by atoms with Crippen LogP contribution in [0.2, 0.25) is 0 Å². The van der Waals surface area contributed by atoms with Crippen LogP contribution in [0, 0.1) is 0 Å². The number of nitrogens with zero attached hydrogens (tertiary/aromatic N) is 2. The molecule has 33 heavy (non-hydrogen) atoms. The maximum atomic E-state index is 12.8. The molecule has 0 saturated carbocycles. The van der Waals surface area contributed by atoms with E-state index in [1.165, 1.54) is 6.42 Å². The number of aliphatic hydroxyl groups is 1. The van der Waals surface area contributed by atoms with Crippen LogP contribution in [-0.2, 0) is 12.3 Å². The smallest absolute Gasteiger partial charge is 0.326 e. The summed E-state index contributed by atoms with van der Waals surface area (Å²) in [6.07, 6.45) is 4.01. The number of hydrogen-bond donors (Lipinski definition) is 2. The van der Waals surface area contributed by atoms with E-state index in [2.05, 4.69) is 22.0 Å². The van der Waals surface area contributed by atoms with Gasteiger partial charge in [0.05, 0.1) is 24.7 Å². The summed E-state index contributed by atoms with van der Waals surface area (Å²) in [7, 11) is 1.66. The third-order valence-corrected chi connectivity index (χ3v) is 7.09. The Hall–Kier alpha value is -3.09. The van der Waals surface area contributed by atoms with Crippen molar-refractivity contribution in [2.75, 3.05) is 20.2 Å². The first kappa shape index (κ1) is 21.7. The second kappa shape index (κ2) is 8.69. The minimum atomic E-state index is -1.03. The number of rotatable bonds is 6. The third kappa shape index (κ3) is 3.83. The fourth-order valence-corrected chi connectivity index (χ4v) is 5.21. The van der Waals surface area contributed by atoms with Crippen molar-refractivity contribution in [1.82, 2.24) is 14.5 Å².